The van der Waals surface area contributed by atoms with Crippen LogP contribution in [0.2, 0.25) is 0 Å². The summed E-state index contributed by atoms with van der Waals surface area (Å²) in [5, 5.41) is 6.32. The largest absolute Gasteiger partial charge is 0.366 e. The summed E-state index contributed by atoms with van der Waals surface area (Å²) >= 11 is 0. The molecule has 0 aliphatic carbocycles. The zero-order valence-corrected chi connectivity index (χ0v) is 16.9. The third kappa shape index (κ3) is 3.18. The SMILES string of the molecule is Cc1nc2cc(CNc3nc(-c4ccccc4)nc4c3CCNC4=O)ccc2n1C. The lowest BCUT2D eigenvalue weighted by atomic mass is 10.1. The Labute approximate surface area is 174 Å². The molecule has 0 fully saturated rings. The molecule has 4 aromatic rings. The molecule has 30 heavy (non-hydrogen) atoms. The third-order valence-corrected chi connectivity index (χ3v) is 5.54. The van der Waals surface area contributed by atoms with Gasteiger partial charge in [-0.15, -0.1) is 0 Å². The first kappa shape index (κ1) is 18.3. The number of nitrogens with one attached hydrogen (secondary N) is 2. The van der Waals surface area contributed by atoms with E-state index in [4.69, 9.17) is 4.98 Å². The van der Waals surface area contributed by atoms with Gasteiger partial charge in [0.1, 0.15) is 17.3 Å². The van der Waals surface area contributed by atoms with E-state index in [-0.39, 0.29) is 5.91 Å². The fourth-order valence-corrected chi connectivity index (χ4v) is 3.82. The molecule has 1 aliphatic rings. The number of amides is 1. The first-order valence-electron chi connectivity index (χ1n) is 10.0. The summed E-state index contributed by atoms with van der Waals surface area (Å²) in [4.78, 5) is 26.4. The summed E-state index contributed by atoms with van der Waals surface area (Å²) in [6.45, 7) is 3.18. The number of hydrogen-bond donors (Lipinski definition) is 2. The second kappa shape index (κ2) is 7.26. The highest BCUT2D eigenvalue weighted by Crippen LogP contribution is 2.26. The van der Waals surface area contributed by atoms with Gasteiger partial charge in [-0.3, -0.25) is 4.79 Å². The Bertz CT molecular complexity index is 1260. The van der Waals surface area contributed by atoms with Crippen molar-refractivity contribution < 1.29 is 4.79 Å². The van der Waals surface area contributed by atoms with Crippen molar-refractivity contribution in [3.05, 3.63) is 71.2 Å². The number of aryl methyl sites for hydroxylation is 2. The van der Waals surface area contributed by atoms with Gasteiger partial charge in [0.2, 0.25) is 0 Å². The Hall–Kier alpha value is -3.74. The molecule has 7 nitrogen and oxygen atoms in total. The fourth-order valence-electron chi connectivity index (χ4n) is 3.82. The Morgan fingerprint density at radius 2 is 1.93 bits per heavy atom. The Kier molecular flexibility index (Phi) is 4.43. The summed E-state index contributed by atoms with van der Waals surface area (Å²) in [7, 11) is 2.02. The normalized spacial score (nSPS) is 13.2. The van der Waals surface area contributed by atoms with Crippen LogP contribution >= 0.6 is 0 Å². The van der Waals surface area contributed by atoms with Crippen molar-refractivity contribution in [1.29, 1.82) is 0 Å². The smallest absolute Gasteiger partial charge is 0.270 e. The number of rotatable bonds is 4. The van der Waals surface area contributed by atoms with Gasteiger partial charge in [-0.2, -0.15) is 0 Å². The summed E-state index contributed by atoms with van der Waals surface area (Å²) < 4.78 is 2.08. The number of aromatic nitrogens is 4. The van der Waals surface area contributed by atoms with Gasteiger partial charge in [0, 0.05) is 31.3 Å². The van der Waals surface area contributed by atoms with Crippen LogP contribution in [0.5, 0.6) is 0 Å². The monoisotopic (exact) mass is 398 g/mol. The Morgan fingerprint density at radius 1 is 1.10 bits per heavy atom. The molecule has 2 aromatic heterocycles. The molecule has 0 atom stereocenters. The van der Waals surface area contributed by atoms with Crippen LogP contribution < -0.4 is 10.6 Å². The number of benzene rings is 2. The van der Waals surface area contributed by atoms with Crippen LogP contribution in [0.4, 0.5) is 5.82 Å². The lowest BCUT2D eigenvalue weighted by Gasteiger charge is -2.20. The van der Waals surface area contributed by atoms with Crippen molar-refractivity contribution in [1.82, 2.24) is 24.8 Å². The molecule has 0 saturated carbocycles. The van der Waals surface area contributed by atoms with E-state index in [1.165, 1.54) is 0 Å². The number of carbonyl (C=O) groups is 1. The summed E-state index contributed by atoms with van der Waals surface area (Å²) in [5.74, 6) is 2.10. The van der Waals surface area contributed by atoms with Crippen molar-refractivity contribution in [2.75, 3.05) is 11.9 Å². The highest BCUT2D eigenvalue weighted by molar-refractivity contribution is 5.96. The van der Waals surface area contributed by atoms with Crippen LogP contribution in [-0.4, -0.2) is 32.0 Å². The third-order valence-electron chi connectivity index (χ3n) is 5.54. The minimum atomic E-state index is -0.149. The van der Waals surface area contributed by atoms with Crippen molar-refractivity contribution in [3.63, 3.8) is 0 Å². The summed E-state index contributed by atoms with van der Waals surface area (Å²) in [5.41, 5.74) is 5.39. The van der Waals surface area contributed by atoms with Gasteiger partial charge in [0.15, 0.2) is 5.82 Å². The number of hydrogen-bond acceptors (Lipinski definition) is 5. The molecule has 0 unspecified atom stereocenters. The van der Waals surface area contributed by atoms with Crippen LogP contribution in [-0.2, 0) is 20.0 Å². The fraction of sp³-hybridized carbons (Fsp3) is 0.217. The maximum atomic E-state index is 12.4. The lowest BCUT2D eigenvalue weighted by Crippen LogP contribution is -2.34. The summed E-state index contributed by atoms with van der Waals surface area (Å²) in [6.07, 6.45) is 0.705. The average Bonchev–Trinajstić information content (AvgIpc) is 3.06. The van der Waals surface area contributed by atoms with E-state index in [1.807, 2.05) is 44.3 Å². The predicted octanol–water partition coefficient (Wildman–Crippen LogP) is 3.24. The Balaban J connectivity index is 1.50. The topological polar surface area (TPSA) is 84.7 Å². The highest BCUT2D eigenvalue weighted by atomic mass is 16.1. The molecule has 0 spiro atoms. The van der Waals surface area contributed by atoms with E-state index in [0.717, 1.165) is 33.5 Å². The molecule has 7 heteroatoms. The van der Waals surface area contributed by atoms with Gasteiger partial charge in [0.25, 0.3) is 5.91 Å². The second-order valence-electron chi connectivity index (χ2n) is 7.49. The van der Waals surface area contributed by atoms with Gasteiger partial charge in [-0.05, 0) is 31.0 Å². The minimum absolute atomic E-state index is 0.149. The molecule has 5 rings (SSSR count). The number of anilines is 1. The molecule has 0 bridgehead atoms. The molecule has 0 radical (unpaired) electrons. The molecule has 1 amide bonds. The van der Waals surface area contributed by atoms with Crippen molar-refractivity contribution in [3.8, 4) is 11.4 Å². The standard InChI is InChI=1S/C23H22N6O/c1-14-26-18-12-15(8-9-19(18)29(14)2)13-25-22-17-10-11-24-23(30)20(17)27-21(28-22)16-6-4-3-5-7-16/h3-9,12H,10-11,13H2,1-2H3,(H,24,30)(H,25,27,28). The molecule has 0 saturated heterocycles. The molecule has 2 N–H and O–H groups in total. The number of fused-ring (bicyclic) bond motifs is 2. The number of carbonyl (C=O) groups excluding carboxylic acids is 1. The molecule has 2 aromatic carbocycles. The van der Waals surface area contributed by atoms with E-state index >= 15 is 0 Å². The van der Waals surface area contributed by atoms with Crippen molar-refractivity contribution in [2.45, 2.75) is 19.9 Å². The van der Waals surface area contributed by atoms with Crippen LogP contribution in [0.3, 0.4) is 0 Å². The molecule has 3 heterocycles. The van der Waals surface area contributed by atoms with Crippen LogP contribution in [0.1, 0.15) is 27.4 Å². The zero-order chi connectivity index (χ0) is 20.7. The van der Waals surface area contributed by atoms with Gasteiger partial charge in [-0.1, -0.05) is 36.4 Å². The predicted molar refractivity (Wildman–Crippen MR) is 116 cm³/mol. The maximum absolute atomic E-state index is 12.4. The Morgan fingerprint density at radius 3 is 2.77 bits per heavy atom. The molecular formula is C23H22N6O. The van der Waals surface area contributed by atoms with Crippen LogP contribution in [0, 0.1) is 6.92 Å². The van der Waals surface area contributed by atoms with Gasteiger partial charge >= 0.3 is 0 Å². The van der Waals surface area contributed by atoms with Crippen molar-refractivity contribution >= 4 is 22.8 Å². The van der Waals surface area contributed by atoms with Crippen molar-refractivity contribution in [2.24, 2.45) is 7.05 Å². The van der Waals surface area contributed by atoms with Gasteiger partial charge in [-0.25, -0.2) is 15.0 Å². The van der Waals surface area contributed by atoms with E-state index in [2.05, 4.69) is 43.4 Å². The first-order valence-corrected chi connectivity index (χ1v) is 10.0. The first-order chi connectivity index (χ1) is 14.6. The minimum Gasteiger partial charge on any atom is -0.366 e. The maximum Gasteiger partial charge on any atom is 0.270 e. The van der Waals surface area contributed by atoms with E-state index < -0.39 is 0 Å². The zero-order valence-electron chi connectivity index (χ0n) is 16.9. The van der Waals surface area contributed by atoms with E-state index in [0.29, 0.717) is 36.8 Å². The molecule has 1 aliphatic heterocycles. The number of imidazole rings is 1. The molecular weight excluding hydrogens is 376 g/mol. The van der Waals surface area contributed by atoms with Gasteiger partial charge in [0.05, 0.1) is 11.0 Å². The quantitative estimate of drug-likeness (QED) is 0.551. The molecule has 150 valence electrons. The highest BCUT2D eigenvalue weighted by Gasteiger charge is 2.24. The lowest BCUT2D eigenvalue weighted by molar-refractivity contribution is 0.0940. The van der Waals surface area contributed by atoms with E-state index in [1.54, 1.807) is 0 Å². The van der Waals surface area contributed by atoms with Crippen LogP contribution in [0.25, 0.3) is 22.4 Å². The van der Waals surface area contributed by atoms with E-state index in [9.17, 15) is 4.79 Å². The number of nitrogens with zero attached hydrogens (tertiary/aromatic N) is 4. The van der Waals surface area contributed by atoms with Gasteiger partial charge < -0.3 is 15.2 Å². The average molecular weight is 398 g/mol. The second-order valence-corrected chi connectivity index (χ2v) is 7.49. The summed E-state index contributed by atoms with van der Waals surface area (Å²) in [6, 6.07) is 16.0. The van der Waals surface area contributed by atoms with Crippen LogP contribution in [0.15, 0.2) is 48.5 Å².